The number of hydrogen-bond acceptors (Lipinski definition) is 4. The van der Waals surface area contributed by atoms with Gasteiger partial charge in [-0.05, 0) is 12.5 Å². The molecule has 0 saturated carbocycles. The van der Waals surface area contributed by atoms with E-state index in [9.17, 15) is 18.9 Å². The first-order chi connectivity index (χ1) is 9.45. The van der Waals surface area contributed by atoms with Crippen molar-refractivity contribution in [3.8, 4) is 11.3 Å². The quantitative estimate of drug-likeness (QED) is 0.665. The van der Waals surface area contributed by atoms with Crippen molar-refractivity contribution in [2.75, 3.05) is 5.73 Å². The summed E-state index contributed by atoms with van der Waals surface area (Å²) in [5.41, 5.74) is 5.18. The minimum absolute atomic E-state index is 0.171. The second-order valence-corrected chi connectivity index (χ2v) is 4.26. The Morgan fingerprint density at radius 3 is 2.75 bits per heavy atom. The first-order valence-corrected chi connectivity index (χ1v) is 5.92. The van der Waals surface area contributed by atoms with Crippen LogP contribution in [0.3, 0.4) is 0 Å². The Hall–Kier alpha value is -2.51. The largest absolute Gasteiger partial charge is 0.382 e. The van der Waals surface area contributed by atoms with Crippen LogP contribution in [0.25, 0.3) is 11.3 Å². The molecule has 0 aliphatic rings. The molecule has 0 aliphatic heterocycles. The van der Waals surface area contributed by atoms with Gasteiger partial charge in [-0.25, -0.2) is 4.39 Å². The Bertz CT molecular complexity index is 670. The summed E-state index contributed by atoms with van der Waals surface area (Å²) < 4.78 is 27.6. The second-order valence-electron chi connectivity index (χ2n) is 4.26. The second kappa shape index (κ2) is 5.24. The monoisotopic (exact) mass is 282 g/mol. The molecule has 0 fully saturated rings. The van der Waals surface area contributed by atoms with Crippen molar-refractivity contribution in [3.05, 3.63) is 39.4 Å². The van der Waals surface area contributed by atoms with Crippen LogP contribution in [-0.4, -0.2) is 15.1 Å². The van der Waals surface area contributed by atoms with E-state index in [0.717, 1.165) is 12.5 Å². The summed E-state index contributed by atoms with van der Waals surface area (Å²) in [6, 6.07) is 1.42. The number of H-pyrrole nitrogens is 1. The van der Waals surface area contributed by atoms with Gasteiger partial charge in [0.1, 0.15) is 11.6 Å². The first-order valence-electron chi connectivity index (χ1n) is 5.92. The van der Waals surface area contributed by atoms with Crippen LogP contribution in [0.2, 0.25) is 0 Å². The molecule has 0 bridgehead atoms. The van der Waals surface area contributed by atoms with Crippen molar-refractivity contribution >= 4 is 11.5 Å². The van der Waals surface area contributed by atoms with E-state index >= 15 is 0 Å². The fourth-order valence-electron chi connectivity index (χ4n) is 1.99. The summed E-state index contributed by atoms with van der Waals surface area (Å²) in [5.74, 6) is -1.84. The molecule has 1 heterocycles. The standard InChI is InChI=1S/C12H12F2N4O2/c1-2-3-7-11(16-17-12(7)15)8-4-6(13)5-9(10(8)14)18(19)20/h4-5H,2-3H2,1H3,(H3,15,16,17). The number of nitro groups is 1. The number of benzene rings is 1. The third kappa shape index (κ3) is 2.31. The van der Waals surface area contributed by atoms with Crippen molar-refractivity contribution in [3.63, 3.8) is 0 Å². The molecule has 0 aliphatic carbocycles. The van der Waals surface area contributed by atoms with Gasteiger partial charge >= 0.3 is 5.69 Å². The number of nitrogens with zero attached hydrogens (tertiary/aromatic N) is 2. The average Bonchev–Trinajstić information content (AvgIpc) is 2.74. The molecule has 3 N–H and O–H groups in total. The number of anilines is 1. The molecule has 1 aromatic carbocycles. The maximum Gasteiger partial charge on any atom is 0.308 e. The fraction of sp³-hybridized carbons (Fsp3) is 0.250. The van der Waals surface area contributed by atoms with Crippen molar-refractivity contribution in [2.45, 2.75) is 19.8 Å². The van der Waals surface area contributed by atoms with Gasteiger partial charge in [-0.1, -0.05) is 13.3 Å². The van der Waals surface area contributed by atoms with Gasteiger partial charge in [-0.2, -0.15) is 9.49 Å². The number of nitrogens with two attached hydrogens (primary N) is 1. The maximum absolute atomic E-state index is 14.1. The van der Waals surface area contributed by atoms with Gasteiger partial charge in [-0.3, -0.25) is 15.2 Å². The third-order valence-electron chi connectivity index (χ3n) is 2.88. The van der Waals surface area contributed by atoms with Gasteiger partial charge in [0.2, 0.25) is 5.82 Å². The van der Waals surface area contributed by atoms with Crippen molar-refractivity contribution < 1.29 is 13.7 Å². The molecule has 1 aromatic heterocycles. The van der Waals surface area contributed by atoms with Crippen LogP contribution in [0.4, 0.5) is 20.3 Å². The summed E-state index contributed by atoms with van der Waals surface area (Å²) in [4.78, 5) is 9.75. The Morgan fingerprint density at radius 2 is 2.15 bits per heavy atom. The maximum atomic E-state index is 14.1. The van der Waals surface area contributed by atoms with Crippen LogP contribution < -0.4 is 5.73 Å². The lowest BCUT2D eigenvalue weighted by Gasteiger charge is -2.05. The van der Waals surface area contributed by atoms with Gasteiger partial charge in [0.15, 0.2) is 0 Å². The summed E-state index contributed by atoms with van der Waals surface area (Å²) in [6.07, 6.45) is 1.22. The SMILES string of the molecule is CCCc1c(N)n[nH]c1-c1cc(F)cc([N+](=O)[O-])c1F. The molecule has 106 valence electrons. The molecule has 20 heavy (non-hydrogen) atoms. The smallest absolute Gasteiger partial charge is 0.308 e. The zero-order valence-electron chi connectivity index (χ0n) is 10.6. The lowest BCUT2D eigenvalue weighted by Crippen LogP contribution is -1.99. The highest BCUT2D eigenvalue weighted by molar-refractivity contribution is 5.70. The van der Waals surface area contributed by atoms with E-state index in [1.807, 2.05) is 6.92 Å². The molecule has 6 nitrogen and oxygen atoms in total. The summed E-state index contributed by atoms with van der Waals surface area (Å²) in [5, 5.41) is 17.0. The Kier molecular flexibility index (Phi) is 3.64. The number of aromatic amines is 1. The van der Waals surface area contributed by atoms with Crippen molar-refractivity contribution in [1.82, 2.24) is 10.2 Å². The molecule has 0 unspecified atom stereocenters. The number of nitro benzene ring substituents is 1. The normalized spacial score (nSPS) is 10.8. The number of halogens is 2. The molecule has 2 aromatic rings. The highest BCUT2D eigenvalue weighted by Crippen LogP contribution is 2.33. The molecule has 2 rings (SSSR count). The summed E-state index contributed by atoms with van der Waals surface area (Å²) >= 11 is 0. The average molecular weight is 282 g/mol. The van der Waals surface area contributed by atoms with Gasteiger partial charge in [0.05, 0.1) is 16.7 Å². The van der Waals surface area contributed by atoms with Crippen LogP contribution in [0.5, 0.6) is 0 Å². The molecule has 0 radical (unpaired) electrons. The first kappa shape index (κ1) is 13.9. The lowest BCUT2D eigenvalue weighted by molar-refractivity contribution is -0.387. The number of aromatic nitrogens is 2. The van der Waals surface area contributed by atoms with E-state index in [0.29, 0.717) is 18.1 Å². The minimum Gasteiger partial charge on any atom is -0.382 e. The van der Waals surface area contributed by atoms with E-state index in [2.05, 4.69) is 10.2 Å². The van der Waals surface area contributed by atoms with Crippen LogP contribution in [0.1, 0.15) is 18.9 Å². The molecule has 0 spiro atoms. The van der Waals surface area contributed by atoms with Crippen LogP contribution >= 0.6 is 0 Å². The molecular weight excluding hydrogens is 270 g/mol. The number of nitrogens with one attached hydrogen (secondary N) is 1. The predicted octanol–water partition coefficient (Wildman–Crippen LogP) is 2.80. The Morgan fingerprint density at radius 1 is 1.45 bits per heavy atom. The number of nitrogen functional groups attached to an aromatic ring is 1. The Labute approximate surface area is 112 Å². The van der Waals surface area contributed by atoms with Crippen molar-refractivity contribution in [2.24, 2.45) is 0 Å². The molecular formula is C12H12F2N4O2. The zero-order valence-corrected chi connectivity index (χ0v) is 10.6. The Balaban J connectivity index is 2.67. The summed E-state index contributed by atoms with van der Waals surface area (Å²) in [7, 11) is 0. The van der Waals surface area contributed by atoms with Crippen LogP contribution in [0, 0.1) is 21.7 Å². The van der Waals surface area contributed by atoms with Gasteiger partial charge in [0, 0.05) is 11.1 Å². The minimum atomic E-state index is -1.11. The predicted molar refractivity (Wildman–Crippen MR) is 69.0 cm³/mol. The van der Waals surface area contributed by atoms with E-state index in [-0.39, 0.29) is 17.1 Å². The van der Waals surface area contributed by atoms with Crippen molar-refractivity contribution in [1.29, 1.82) is 0 Å². The fourth-order valence-corrected chi connectivity index (χ4v) is 1.99. The molecule has 0 atom stereocenters. The molecule has 8 heteroatoms. The summed E-state index contributed by atoms with van der Waals surface area (Å²) in [6.45, 7) is 1.89. The van der Waals surface area contributed by atoms with E-state index in [1.165, 1.54) is 0 Å². The number of hydrogen-bond donors (Lipinski definition) is 2. The molecule has 0 amide bonds. The lowest BCUT2D eigenvalue weighted by atomic mass is 10.0. The van der Waals surface area contributed by atoms with Gasteiger partial charge < -0.3 is 5.73 Å². The van der Waals surface area contributed by atoms with Gasteiger partial charge in [0.25, 0.3) is 0 Å². The third-order valence-corrected chi connectivity index (χ3v) is 2.88. The topological polar surface area (TPSA) is 97.8 Å². The van der Waals surface area contributed by atoms with Gasteiger partial charge in [-0.15, -0.1) is 0 Å². The van der Waals surface area contributed by atoms with E-state index in [1.54, 1.807) is 0 Å². The van der Waals surface area contributed by atoms with E-state index in [4.69, 9.17) is 5.73 Å². The number of rotatable bonds is 4. The highest BCUT2D eigenvalue weighted by Gasteiger charge is 2.24. The van der Waals surface area contributed by atoms with Crippen LogP contribution in [-0.2, 0) is 6.42 Å². The highest BCUT2D eigenvalue weighted by atomic mass is 19.1. The van der Waals surface area contributed by atoms with Crippen LogP contribution in [0.15, 0.2) is 12.1 Å². The zero-order chi connectivity index (χ0) is 14.9. The van der Waals surface area contributed by atoms with E-state index < -0.39 is 22.2 Å². The molecule has 0 saturated heterocycles.